The van der Waals surface area contributed by atoms with Crippen molar-refractivity contribution in [3.63, 3.8) is 0 Å². The number of nitrogens with zero attached hydrogens (tertiary/aromatic N) is 1. The van der Waals surface area contributed by atoms with Crippen LogP contribution in [0.3, 0.4) is 0 Å². The summed E-state index contributed by atoms with van der Waals surface area (Å²) in [4.78, 5) is 26.5. The maximum Gasteiger partial charge on any atom is 0.410 e. The van der Waals surface area contributed by atoms with Crippen LogP contribution in [0.1, 0.15) is 39.2 Å². The molecule has 6 nitrogen and oxygen atoms in total. The van der Waals surface area contributed by atoms with Gasteiger partial charge in [0.1, 0.15) is 5.60 Å². The molecule has 1 saturated heterocycles. The summed E-state index contributed by atoms with van der Waals surface area (Å²) in [5.41, 5.74) is 8.26. The molecule has 2 unspecified atom stereocenters. The summed E-state index contributed by atoms with van der Waals surface area (Å²) in [7, 11) is 1.28. The molecule has 1 amide bonds. The van der Waals surface area contributed by atoms with Crippen molar-refractivity contribution >= 4 is 12.1 Å². The lowest BCUT2D eigenvalue weighted by Gasteiger charge is -2.45. The van der Waals surface area contributed by atoms with Crippen LogP contribution in [0.15, 0.2) is 54.6 Å². The van der Waals surface area contributed by atoms with Gasteiger partial charge < -0.3 is 20.1 Å². The van der Waals surface area contributed by atoms with Crippen LogP contribution in [0.5, 0.6) is 0 Å². The Bertz CT molecular complexity index is 1050. The van der Waals surface area contributed by atoms with Gasteiger partial charge in [0, 0.05) is 12.5 Å². The van der Waals surface area contributed by atoms with Crippen molar-refractivity contribution in [1.29, 1.82) is 0 Å². The zero-order valence-corrected chi connectivity index (χ0v) is 19.8. The molecule has 1 aliphatic rings. The number of esters is 1. The molecule has 1 heterocycles. The largest absolute Gasteiger partial charge is 0.459 e. The minimum Gasteiger partial charge on any atom is -0.459 e. The van der Waals surface area contributed by atoms with E-state index in [1.807, 2.05) is 51.1 Å². The summed E-state index contributed by atoms with van der Waals surface area (Å²) in [6.07, 6.45) is 1.26. The van der Waals surface area contributed by atoms with Gasteiger partial charge in [0.25, 0.3) is 0 Å². The average molecular weight is 449 g/mol. The molecule has 0 saturated carbocycles. The highest BCUT2D eigenvalue weighted by molar-refractivity contribution is 5.88. The molecule has 0 aliphatic carbocycles. The molecule has 2 atom stereocenters. The Balaban J connectivity index is 1.97. The molecule has 174 valence electrons. The third-order valence-corrected chi connectivity index (χ3v) is 5.63. The monoisotopic (exact) mass is 448 g/mol. The summed E-state index contributed by atoms with van der Waals surface area (Å²) in [6.45, 7) is 6.01. The van der Waals surface area contributed by atoms with Gasteiger partial charge in [0.2, 0.25) is 0 Å². The van der Waals surface area contributed by atoms with Crippen molar-refractivity contribution in [3.05, 3.63) is 60.2 Å². The second-order valence-corrected chi connectivity index (χ2v) is 9.35. The van der Waals surface area contributed by atoms with E-state index in [1.54, 1.807) is 4.90 Å². The van der Waals surface area contributed by atoms with E-state index in [0.717, 1.165) is 16.7 Å². The van der Waals surface area contributed by atoms with Gasteiger partial charge in [-0.2, -0.15) is 0 Å². The number of ether oxygens (including phenoxy) is 2. The number of carbonyl (C=O) groups is 2. The number of piperidine rings is 1. The van der Waals surface area contributed by atoms with Gasteiger partial charge in [-0.25, -0.2) is 9.59 Å². The Hall–Kier alpha value is -3.30. The Kier molecular flexibility index (Phi) is 7.45. The third-order valence-electron chi connectivity index (χ3n) is 5.63. The molecule has 2 aromatic rings. The fourth-order valence-electron chi connectivity index (χ4n) is 4.07. The predicted molar refractivity (Wildman–Crippen MR) is 128 cm³/mol. The molecule has 33 heavy (non-hydrogen) atoms. The zero-order chi connectivity index (χ0) is 24.1. The molecule has 0 aromatic heterocycles. The van der Waals surface area contributed by atoms with Crippen molar-refractivity contribution < 1.29 is 19.1 Å². The first-order valence-corrected chi connectivity index (χ1v) is 11.2. The molecule has 0 spiro atoms. The molecular weight excluding hydrogens is 416 g/mol. The number of rotatable bonds is 3. The molecule has 2 aromatic carbocycles. The van der Waals surface area contributed by atoms with Crippen LogP contribution in [0.25, 0.3) is 11.1 Å². The van der Waals surface area contributed by atoms with Crippen molar-refractivity contribution in [2.75, 3.05) is 13.7 Å². The lowest BCUT2D eigenvalue weighted by molar-refractivity contribution is -0.133. The highest BCUT2D eigenvalue weighted by Crippen LogP contribution is 2.31. The molecule has 3 rings (SSSR count). The quantitative estimate of drug-likeness (QED) is 0.433. The summed E-state index contributed by atoms with van der Waals surface area (Å²) in [6, 6.07) is 17.8. The Labute approximate surface area is 196 Å². The van der Waals surface area contributed by atoms with E-state index in [2.05, 4.69) is 40.8 Å². The molecular formula is C27H32N2O4. The van der Waals surface area contributed by atoms with Crippen molar-refractivity contribution in [2.45, 2.75) is 57.2 Å². The van der Waals surface area contributed by atoms with Gasteiger partial charge in [-0.3, -0.25) is 0 Å². The van der Waals surface area contributed by atoms with Gasteiger partial charge in [0.05, 0.1) is 18.7 Å². The summed E-state index contributed by atoms with van der Waals surface area (Å²) >= 11 is 0. The number of hydrogen-bond acceptors (Lipinski definition) is 5. The van der Waals surface area contributed by atoms with Crippen molar-refractivity contribution in [2.24, 2.45) is 5.73 Å². The summed E-state index contributed by atoms with van der Waals surface area (Å²) in [5.74, 6) is 4.75. The molecule has 0 radical (unpaired) electrons. The fraction of sp³-hybridized carbons (Fsp3) is 0.407. The molecule has 0 bridgehead atoms. The number of methoxy groups -OCH3 is 1. The molecule has 1 aliphatic heterocycles. The molecule has 1 fully saturated rings. The van der Waals surface area contributed by atoms with E-state index >= 15 is 0 Å². The van der Waals surface area contributed by atoms with E-state index in [1.165, 1.54) is 7.11 Å². The van der Waals surface area contributed by atoms with Gasteiger partial charge in [-0.1, -0.05) is 60.5 Å². The van der Waals surface area contributed by atoms with Crippen LogP contribution in [0, 0.1) is 11.8 Å². The van der Waals surface area contributed by atoms with Gasteiger partial charge >= 0.3 is 12.1 Å². The molecule has 6 heteroatoms. The maximum atomic E-state index is 13.1. The van der Waals surface area contributed by atoms with E-state index in [4.69, 9.17) is 10.5 Å². The normalized spacial score (nSPS) is 20.4. The van der Waals surface area contributed by atoms with Crippen molar-refractivity contribution in [1.82, 2.24) is 4.90 Å². The first kappa shape index (κ1) is 24.3. The highest BCUT2D eigenvalue weighted by Gasteiger charge is 2.44. The smallest absolute Gasteiger partial charge is 0.410 e. The Morgan fingerprint density at radius 2 is 1.82 bits per heavy atom. The zero-order valence-electron chi connectivity index (χ0n) is 19.8. The maximum absolute atomic E-state index is 13.1. The lowest BCUT2D eigenvalue weighted by Crippen LogP contribution is -2.64. The number of benzene rings is 2. The minimum absolute atomic E-state index is 0.430. The topological polar surface area (TPSA) is 81.9 Å². The summed E-state index contributed by atoms with van der Waals surface area (Å²) < 4.78 is 10.3. The summed E-state index contributed by atoms with van der Waals surface area (Å²) in [5, 5.41) is 0. The third kappa shape index (κ3) is 6.36. The predicted octanol–water partition coefficient (Wildman–Crippen LogP) is 4.17. The van der Waals surface area contributed by atoms with E-state index in [0.29, 0.717) is 25.8 Å². The first-order chi connectivity index (χ1) is 15.6. The van der Waals surface area contributed by atoms with E-state index in [-0.39, 0.29) is 0 Å². The van der Waals surface area contributed by atoms with Gasteiger partial charge in [-0.05, 0) is 56.7 Å². The van der Waals surface area contributed by atoms with Gasteiger partial charge in [0.15, 0.2) is 0 Å². The minimum atomic E-state index is -1.08. The van der Waals surface area contributed by atoms with Crippen LogP contribution < -0.4 is 5.73 Å². The standard InChI is InChI=1S/C27H32N2O4/c1-26(2,3)33-25(31)29-17-9-15-27(28,16-14-24(30)32-4)23(29)19-20-10-8-13-22(18-20)21-11-6-5-7-12-21/h5-8,10-13,18,23H,9,15,17,19,28H2,1-4H3. The number of likely N-dealkylation sites (tertiary alicyclic amines) is 1. The van der Waals surface area contributed by atoms with E-state index < -0.39 is 29.2 Å². The lowest BCUT2D eigenvalue weighted by atomic mass is 9.79. The number of amides is 1. The Morgan fingerprint density at radius 1 is 1.12 bits per heavy atom. The first-order valence-electron chi connectivity index (χ1n) is 11.2. The average Bonchev–Trinajstić information content (AvgIpc) is 2.78. The SMILES string of the molecule is COC(=O)C#CC1(N)CCCN(C(=O)OC(C)(C)C)C1Cc1cccc(-c2ccccc2)c1. The molecule has 2 N–H and O–H groups in total. The Morgan fingerprint density at radius 3 is 2.48 bits per heavy atom. The van der Waals surface area contributed by atoms with Crippen LogP contribution in [0.2, 0.25) is 0 Å². The van der Waals surface area contributed by atoms with Crippen LogP contribution in [-0.2, 0) is 20.7 Å². The highest BCUT2D eigenvalue weighted by atomic mass is 16.6. The number of carbonyl (C=O) groups excluding carboxylic acids is 2. The van der Waals surface area contributed by atoms with Crippen LogP contribution in [0.4, 0.5) is 4.79 Å². The van der Waals surface area contributed by atoms with Crippen molar-refractivity contribution in [3.8, 4) is 23.0 Å². The second kappa shape index (κ2) is 10.1. The fourth-order valence-corrected chi connectivity index (χ4v) is 4.07. The van der Waals surface area contributed by atoms with E-state index in [9.17, 15) is 9.59 Å². The second-order valence-electron chi connectivity index (χ2n) is 9.35. The van der Waals surface area contributed by atoms with Crippen LogP contribution >= 0.6 is 0 Å². The number of nitrogens with two attached hydrogens (primary N) is 1. The van der Waals surface area contributed by atoms with Crippen LogP contribution in [-0.4, -0.2) is 47.8 Å². The number of hydrogen-bond donors (Lipinski definition) is 1. The van der Waals surface area contributed by atoms with Gasteiger partial charge in [-0.15, -0.1) is 0 Å².